The summed E-state index contributed by atoms with van der Waals surface area (Å²) in [6, 6.07) is 16.0. The first-order chi connectivity index (χ1) is 14.6. The molecule has 6 nitrogen and oxygen atoms in total. The van der Waals surface area contributed by atoms with E-state index in [1.807, 2.05) is 76.2 Å². The molecule has 3 aromatic rings. The predicted molar refractivity (Wildman–Crippen MR) is 123 cm³/mol. The Morgan fingerprint density at radius 3 is 2.35 bits per heavy atom. The molecular formula is C25H30N4O2. The Labute approximate surface area is 183 Å². The minimum absolute atomic E-state index is 0.0909. The topological polar surface area (TPSA) is 76.0 Å². The van der Waals surface area contributed by atoms with Crippen molar-refractivity contribution in [2.24, 2.45) is 0 Å². The molecule has 0 radical (unpaired) electrons. The Kier molecular flexibility index (Phi) is 6.59. The number of carbonyl (C=O) groups is 2. The minimum Gasteiger partial charge on any atom is -0.350 e. The van der Waals surface area contributed by atoms with Gasteiger partial charge in [0.1, 0.15) is 5.69 Å². The van der Waals surface area contributed by atoms with Gasteiger partial charge >= 0.3 is 0 Å². The van der Waals surface area contributed by atoms with Gasteiger partial charge in [0.05, 0.1) is 18.7 Å². The maximum atomic E-state index is 13.0. The average molecular weight is 419 g/mol. The van der Waals surface area contributed by atoms with E-state index in [9.17, 15) is 9.59 Å². The molecule has 0 atom stereocenters. The fraction of sp³-hybridized carbons (Fsp3) is 0.320. The van der Waals surface area contributed by atoms with Gasteiger partial charge in [-0.25, -0.2) is 0 Å². The highest BCUT2D eigenvalue weighted by molar-refractivity contribution is 6.01. The van der Waals surface area contributed by atoms with E-state index in [1.54, 1.807) is 10.9 Å². The van der Waals surface area contributed by atoms with Crippen molar-refractivity contribution in [3.05, 3.63) is 77.0 Å². The molecule has 3 rings (SSSR count). The van der Waals surface area contributed by atoms with Gasteiger partial charge in [-0.15, -0.1) is 0 Å². The molecular weight excluding hydrogens is 388 g/mol. The van der Waals surface area contributed by atoms with Crippen LogP contribution in [0.25, 0.3) is 11.3 Å². The fourth-order valence-corrected chi connectivity index (χ4v) is 3.26. The second-order valence-electron chi connectivity index (χ2n) is 8.85. The number of aryl methyl sites for hydroxylation is 2. The van der Waals surface area contributed by atoms with Crippen molar-refractivity contribution >= 4 is 11.8 Å². The lowest BCUT2D eigenvalue weighted by molar-refractivity contribution is -0.121. The molecule has 2 N–H and O–H groups in total. The van der Waals surface area contributed by atoms with Crippen LogP contribution in [-0.2, 0) is 11.3 Å². The summed E-state index contributed by atoms with van der Waals surface area (Å²) < 4.78 is 1.77. The molecule has 0 aliphatic carbocycles. The van der Waals surface area contributed by atoms with E-state index in [0.717, 1.165) is 16.7 Å². The molecule has 0 aliphatic heterocycles. The van der Waals surface area contributed by atoms with E-state index < -0.39 is 0 Å². The maximum Gasteiger partial charge on any atom is 0.255 e. The number of benzene rings is 2. The summed E-state index contributed by atoms with van der Waals surface area (Å²) >= 11 is 0. The second kappa shape index (κ2) is 9.16. The Hall–Kier alpha value is -3.41. The first-order valence-corrected chi connectivity index (χ1v) is 10.4. The maximum absolute atomic E-state index is 13.0. The summed E-state index contributed by atoms with van der Waals surface area (Å²) in [4.78, 5) is 25.1. The van der Waals surface area contributed by atoms with Crippen molar-refractivity contribution in [3.63, 3.8) is 0 Å². The predicted octanol–water partition coefficient (Wildman–Crippen LogP) is 3.86. The van der Waals surface area contributed by atoms with Gasteiger partial charge < -0.3 is 10.6 Å². The van der Waals surface area contributed by atoms with E-state index in [4.69, 9.17) is 5.10 Å². The smallest absolute Gasteiger partial charge is 0.255 e. The molecule has 0 aliphatic rings. The summed E-state index contributed by atoms with van der Waals surface area (Å²) in [6.45, 7) is 10.3. The van der Waals surface area contributed by atoms with E-state index >= 15 is 0 Å². The molecule has 31 heavy (non-hydrogen) atoms. The molecule has 2 aromatic carbocycles. The van der Waals surface area contributed by atoms with E-state index in [2.05, 4.69) is 17.6 Å². The molecule has 6 heteroatoms. The summed E-state index contributed by atoms with van der Waals surface area (Å²) in [6.07, 6.45) is 1.74. The second-order valence-corrected chi connectivity index (χ2v) is 8.85. The van der Waals surface area contributed by atoms with Crippen molar-refractivity contribution < 1.29 is 9.59 Å². The molecule has 0 saturated heterocycles. The summed E-state index contributed by atoms with van der Waals surface area (Å²) in [5.74, 6) is -0.554. The van der Waals surface area contributed by atoms with Crippen LogP contribution in [0.3, 0.4) is 0 Å². The number of aromatic nitrogens is 2. The molecule has 0 spiro atoms. The number of nitrogens with zero attached hydrogens (tertiary/aromatic N) is 2. The fourth-order valence-electron chi connectivity index (χ4n) is 3.26. The number of hydrogen-bond acceptors (Lipinski definition) is 3. The first kappa shape index (κ1) is 22.3. The van der Waals surface area contributed by atoms with Crippen molar-refractivity contribution in [1.29, 1.82) is 0 Å². The van der Waals surface area contributed by atoms with Gasteiger partial charge in [0.15, 0.2) is 0 Å². The van der Waals surface area contributed by atoms with Crippen LogP contribution in [0.4, 0.5) is 0 Å². The zero-order chi connectivity index (χ0) is 22.6. The van der Waals surface area contributed by atoms with Gasteiger partial charge in [-0.05, 0) is 57.4 Å². The molecule has 0 saturated carbocycles. The minimum atomic E-state index is -0.354. The Balaban J connectivity index is 1.88. The molecule has 2 amide bonds. The summed E-state index contributed by atoms with van der Waals surface area (Å²) in [5.41, 5.74) is 4.97. The molecule has 1 heterocycles. The third-order valence-corrected chi connectivity index (χ3v) is 4.90. The van der Waals surface area contributed by atoms with E-state index in [-0.39, 0.29) is 23.9 Å². The van der Waals surface area contributed by atoms with Crippen LogP contribution in [-0.4, -0.2) is 33.7 Å². The summed E-state index contributed by atoms with van der Waals surface area (Å²) in [5, 5.41) is 10.3. The van der Waals surface area contributed by atoms with Gasteiger partial charge in [0.2, 0.25) is 5.91 Å². The van der Waals surface area contributed by atoms with Crippen molar-refractivity contribution in [2.75, 3.05) is 6.54 Å². The van der Waals surface area contributed by atoms with Crippen molar-refractivity contribution in [1.82, 2.24) is 20.4 Å². The van der Waals surface area contributed by atoms with Gasteiger partial charge in [-0.1, -0.05) is 42.5 Å². The Morgan fingerprint density at radius 1 is 1.00 bits per heavy atom. The van der Waals surface area contributed by atoms with Gasteiger partial charge in [0, 0.05) is 17.3 Å². The van der Waals surface area contributed by atoms with Gasteiger partial charge in [-0.3, -0.25) is 14.3 Å². The summed E-state index contributed by atoms with van der Waals surface area (Å²) in [7, 11) is 0. The number of carbonyl (C=O) groups excluding carboxylic acids is 2. The van der Waals surface area contributed by atoms with Crippen molar-refractivity contribution in [3.8, 4) is 11.3 Å². The Bertz CT molecular complexity index is 1080. The molecule has 0 bridgehead atoms. The standard InChI is InChI=1S/C25H30N4O2/c1-17-11-12-20(13-18(17)2)23-21(24(31)26-14-22(30)27-25(3,4)5)16-29(28-23)15-19-9-7-6-8-10-19/h6-13,16H,14-15H2,1-5H3,(H,26,31)(H,27,30). The monoisotopic (exact) mass is 418 g/mol. The average Bonchev–Trinajstić information content (AvgIpc) is 3.11. The van der Waals surface area contributed by atoms with Crippen LogP contribution < -0.4 is 10.6 Å². The van der Waals surface area contributed by atoms with Crippen LogP contribution in [0.15, 0.2) is 54.7 Å². The van der Waals surface area contributed by atoms with Gasteiger partial charge in [0.25, 0.3) is 5.91 Å². The largest absolute Gasteiger partial charge is 0.350 e. The van der Waals surface area contributed by atoms with E-state index in [1.165, 1.54) is 5.56 Å². The highest BCUT2D eigenvalue weighted by atomic mass is 16.2. The van der Waals surface area contributed by atoms with Crippen LogP contribution in [0.2, 0.25) is 0 Å². The van der Waals surface area contributed by atoms with Crippen molar-refractivity contribution in [2.45, 2.75) is 46.7 Å². The van der Waals surface area contributed by atoms with E-state index in [0.29, 0.717) is 17.8 Å². The lowest BCUT2D eigenvalue weighted by atomic mass is 10.0. The third-order valence-electron chi connectivity index (χ3n) is 4.90. The molecule has 0 fully saturated rings. The first-order valence-electron chi connectivity index (χ1n) is 10.4. The molecule has 162 valence electrons. The van der Waals surface area contributed by atoms with Gasteiger partial charge in [-0.2, -0.15) is 5.10 Å². The normalized spacial score (nSPS) is 11.3. The number of nitrogens with one attached hydrogen (secondary N) is 2. The zero-order valence-corrected chi connectivity index (χ0v) is 18.8. The van der Waals surface area contributed by atoms with Crippen LogP contribution >= 0.6 is 0 Å². The third kappa shape index (κ3) is 6.04. The highest BCUT2D eigenvalue weighted by Crippen LogP contribution is 2.25. The van der Waals surface area contributed by atoms with Crippen LogP contribution in [0.5, 0.6) is 0 Å². The quantitative estimate of drug-likeness (QED) is 0.638. The number of rotatable bonds is 6. The Morgan fingerprint density at radius 2 is 1.71 bits per heavy atom. The molecule has 0 unspecified atom stereocenters. The lowest BCUT2D eigenvalue weighted by Gasteiger charge is -2.20. The van der Waals surface area contributed by atoms with Crippen LogP contribution in [0, 0.1) is 13.8 Å². The lowest BCUT2D eigenvalue weighted by Crippen LogP contribution is -2.45. The molecule has 1 aromatic heterocycles. The van der Waals surface area contributed by atoms with Crippen LogP contribution in [0.1, 0.15) is 47.8 Å². The highest BCUT2D eigenvalue weighted by Gasteiger charge is 2.20. The zero-order valence-electron chi connectivity index (χ0n) is 18.8. The SMILES string of the molecule is Cc1ccc(-c2nn(Cc3ccccc3)cc2C(=O)NCC(=O)NC(C)(C)C)cc1C. The number of hydrogen-bond donors (Lipinski definition) is 2. The number of amides is 2.